The molecule has 4 nitrogen and oxygen atoms in total. The number of cyclic esters (lactones) is 1. The van der Waals surface area contributed by atoms with Crippen LogP contribution in [0.2, 0.25) is 0 Å². The van der Waals surface area contributed by atoms with Crippen molar-refractivity contribution in [3.63, 3.8) is 0 Å². The van der Waals surface area contributed by atoms with Crippen LogP contribution in [-0.4, -0.2) is 18.0 Å². The summed E-state index contributed by atoms with van der Waals surface area (Å²) in [5, 5.41) is 2.22. The lowest BCUT2D eigenvalue weighted by Gasteiger charge is -2.24. The zero-order valence-electron chi connectivity index (χ0n) is 13.2. The smallest absolute Gasteiger partial charge is 0.418 e. The molecule has 0 radical (unpaired) electrons. The van der Waals surface area contributed by atoms with Gasteiger partial charge in [0.2, 0.25) is 0 Å². The van der Waals surface area contributed by atoms with Crippen LogP contribution < -0.4 is 5.32 Å². The fourth-order valence-electron chi connectivity index (χ4n) is 2.72. The van der Waals surface area contributed by atoms with E-state index in [4.69, 9.17) is 4.74 Å². The molecule has 1 atom stereocenters. The highest BCUT2D eigenvalue weighted by Gasteiger charge is 2.36. The molecule has 0 saturated heterocycles. The third-order valence-electron chi connectivity index (χ3n) is 3.92. The maximum Gasteiger partial charge on any atom is 0.418 e. The lowest BCUT2D eigenvalue weighted by molar-refractivity contribution is -0.137. The summed E-state index contributed by atoms with van der Waals surface area (Å²) >= 11 is 0. The number of aryl methyl sites for hydroxylation is 1. The minimum Gasteiger partial charge on any atom is -0.448 e. The van der Waals surface area contributed by atoms with E-state index in [0.29, 0.717) is 11.1 Å². The average Bonchev–Trinajstić information content (AvgIpc) is 2.53. The molecule has 130 valence electrons. The Kier molecular flexibility index (Phi) is 4.24. The lowest BCUT2D eigenvalue weighted by atomic mass is 9.96. The van der Waals surface area contributed by atoms with Crippen LogP contribution in [0.25, 0.3) is 0 Å². The van der Waals surface area contributed by atoms with Gasteiger partial charge in [0, 0.05) is 6.42 Å². The van der Waals surface area contributed by atoms with Gasteiger partial charge in [-0.05, 0) is 30.7 Å². The largest absolute Gasteiger partial charge is 0.448 e. The average molecular weight is 349 g/mol. The molecule has 1 amide bonds. The molecule has 1 heterocycles. The number of para-hydroxylation sites is 1. The normalized spacial score (nSPS) is 16.8. The number of anilines is 1. The van der Waals surface area contributed by atoms with Gasteiger partial charge in [-0.3, -0.25) is 4.79 Å². The monoisotopic (exact) mass is 349 g/mol. The number of esters is 1. The Balaban J connectivity index is 1.83. The first kappa shape index (κ1) is 17.0. The van der Waals surface area contributed by atoms with Gasteiger partial charge in [0.1, 0.15) is 0 Å². The Morgan fingerprint density at radius 1 is 1.20 bits per heavy atom. The Bertz CT molecular complexity index is 846. The van der Waals surface area contributed by atoms with Gasteiger partial charge in [-0.25, -0.2) is 4.79 Å². The molecule has 1 aliphatic rings. The van der Waals surface area contributed by atoms with Crippen molar-refractivity contribution >= 4 is 17.6 Å². The van der Waals surface area contributed by atoms with Gasteiger partial charge in [-0.15, -0.1) is 0 Å². The van der Waals surface area contributed by atoms with Gasteiger partial charge in [-0.1, -0.05) is 29.8 Å². The topological polar surface area (TPSA) is 55.4 Å². The number of halogens is 3. The first-order valence-electron chi connectivity index (χ1n) is 7.53. The zero-order chi connectivity index (χ0) is 18.2. The molecule has 7 heteroatoms. The van der Waals surface area contributed by atoms with Crippen molar-refractivity contribution < 1.29 is 27.5 Å². The number of carbonyl (C=O) groups is 2. The zero-order valence-corrected chi connectivity index (χ0v) is 13.2. The molecule has 2 aromatic rings. The van der Waals surface area contributed by atoms with Crippen LogP contribution in [0.1, 0.15) is 27.0 Å². The number of alkyl halides is 3. The standard InChI is InChI=1S/C18H14F3NO3/c1-10-6-7-12-11(8-10)9-15(25-17(12)24)16(23)22-14-5-3-2-4-13(14)18(19,20)21/h2-8,15H,9H2,1H3,(H,22,23). The first-order chi connectivity index (χ1) is 11.8. The fourth-order valence-corrected chi connectivity index (χ4v) is 2.72. The third kappa shape index (κ3) is 3.50. The molecule has 25 heavy (non-hydrogen) atoms. The molecule has 0 saturated carbocycles. The number of carbonyl (C=O) groups excluding carboxylic acids is 2. The summed E-state index contributed by atoms with van der Waals surface area (Å²) in [5.74, 6) is -1.46. The summed E-state index contributed by atoms with van der Waals surface area (Å²) in [4.78, 5) is 24.3. The summed E-state index contributed by atoms with van der Waals surface area (Å²) in [7, 11) is 0. The van der Waals surface area contributed by atoms with Crippen LogP contribution in [0.15, 0.2) is 42.5 Å². The fraction of sp³-hybridized carbons (Fsp3) is 0.222. The highest BCUT2D eigenvalue weighted by Crippen LogP contribution is 2.34. The molecule has 0 bridgehead atoms. The van der Waals surface area contributed by atoms with Crippen molar-refractivity contribution in [3.05, 3.63) is 64.7 Å². The van der Waals surface area contributed by atoms with Gasteiger partial charge in [0.05, 0.1) is 16.8 Å². The summed E-state index contributed by atoms with van der Waals surface area (Å²) < 4.78 is 44.1. The summed E-state index contributed by atoms with van der Waals surface area (Å²) in [6.45, 7) is 1.84. The van der Waals surface area contributed by atoms with Crippen LogP contribution in [0, 0.1) is 6.92 Å². The van der Waals surface area contributed by atoms with Crippen LogP contribution >= 0.6 is 0 Å². The van der Waals surface area contributed by atoms with E-state index in [1.165, 1.54) is 12.1 Å². The van der Waals surface area contributed by atoms with E-state index in [1.807, 2.05) is 6.92 Å². The van der Waals surface area contributed by atoms with Gasteiger partial charge in [0.15, 0.2) is 6.10 Å². The van der Waals surface area contributed by atoms with Crippen LogP contribution in [0.3, 0.4) is 0 Å². The predicted octanol–water partition coefficient (Wildman–Crippen LogP) is 3.73. The number of fused-ring (bicyclic) bond motifs is 1. The van der Waals surface area contributed by atoms with E-state index in [0.717, 1.165) is 17.7 Å². The molecule has 1 unspecified atom stereocenters. The molecule has 3 rings (SSSR count). The Labute approximate surface area is 141 Å². The van der Waals surface area contributed by atoms with E-state index in [2.05, 4.69) is 5.32 Å². The Hall–Kier alpha value is -2.83. The number of hydrogen-bond acceptors (Lipinski definition) is 3. The minimum absolute atomic E-state index is 0.114. The molecular weight excluding hydrogens is 335 g/mol. The number of hydrogen-bond donors (Lipinski definition) is 1. The molecule has 0 spiro atoms. The van der Waals surface area contributed by atoms with Crippen molar-refractivity contribution in [1.29, 1.82) is 0 Å². The second kappa shape index (κ2) is 6.23. The first-order valence-corrected chi connectivity index (χ1v) is 7.53. The number of benzene rings is 2. The molecule has 0 aromatic heterocycles. The summed E-state index contributed by atoms with van der Waals surface area (Å²) in [6.07, 6.45) is -5.66. The second-order valence-corrected chi connectivity index (χ2v) is 5.79. The number of amides is 1. The van der Waals surface area contributed by atoms with Crippen molar-refractivity contribution in [2.45, 2.75) is 25.6 Å². The maximum absolute atomic E-state index is 13.0. The van der Waals surface area contributed by atoms with Gasteiger partial charge in [-0.2, -0.15) is 13.2 Å². The number of nitrogens with one attached hydrogen (secondary N) is 1. The SMILES string of the molecule is Cc1ccc2c(c1)CC(C(=O)Nc1ccccc1C(F)(F)F)OC2=O. The van der Waals surface area contributed by atoms with Crippen LogP contribution in [-0.2, 0) is 22.1 Å². The molecule has 0 fully saturated rings. The number of rotatable bonds is 2. The van der Waals surface area contributed by atoms with E-state index in [9.17, 15) is 22.8 Å². The Morgan fingerprint density at radius 2 is 1.92 bits per heavy atom. The van der Waals surface area contributed by atoms with E-state index in [1.54, 1.807) is 18.2 Å². The predicted molar refractivity (Wildman–Crippen MR) is 84.2 cm³/mol. The third-order valence-corrected chi connectivity index (χ3v) is 3.92. The van der Waals surface area contributed by atoms with Crippen LogP contribution in [0.5, 0.6) is 0 Å². The molecule has 2 aromatic carbocycles. The molecule has 1 N–H and O–H groups in total. The van der Waals surface area contributed by atoms with Crippen molar-refractivity contribution in [3.8, 4) is 0 Å². The van der Waals surface area contributed by atoms with Gasteiger partial charge >= 0.3 is 12.1 Å². The summed E-state index contributed by atoms with van der Waals surface area (Å²) in [5.41, 5.74) is 0.591. The number of ether oxygens (including phenoxy) is 1. The maximum atomic E-state index is 13.0. The second-order valence-electron chi connectivity index (χ2n) is 5.79. The molecule has 0 aliphatic carbocycles. The quantitative estimate of drug-likeness (QED) is 0.841. The highest BCUT2D eigenvalue weighted by atomic mass is 19.4. The van der Waals surface area contributed by atoms with E-state index in [-0.39, 0.29) is 12.1 Å². The molecular formula is C18H14F3NO3. The van der Waals surface area contributed by atoms with Gasteiger partial charge in [0.25, 0.3) is 5.91 Å². The van der Waals surface area contributed by atoms with Crippen molar-refractivity contribution in [1.82, 2.24) is 0 Å². The molecule has 1 aliphatic heterocycles. The van der Waals surface area contributed by atoms with E-state index < -0.39 is 29.7 Å². The van der Waals surface area contributed by atoms with Gasteiger partial charge < -0.3 is 10.1 Å². The lowest BCUT2D eigenvalue weighted by Crippen LogP contribution is -2.38. The van der Waals surface area contributed by atoms with E-state index >= 15 is 0 Å². The Morgan fingerprint density at radius 3 is 2.64 bits per heavy atom. The summed E-state index contributed by atoms with van der Waals surface area (Å²) in [6, 6.07) is 9.78. The highest BCUT2D eigenvalue weighted by molar-refractivity contribution is 6.00. The van der Waals surface area contributed by atoms with Crippen LogP contribution in [0.4, 0.5) is 18.9 Å². The van der Waals surface area contributed by atoms with Crippen molar-refractivity contribution in [2.75, 3.05) is 5.32 Å². The minimum atomic E-state index is -4.60. The van der Waals surface area contributed by atoms with Crippen molar-refractivity contribution in [2.24, 2.45) is 0 Å².